The van der Waals surface area contributed by atoms with Gasteiger partial charge in [0.25, 0.3) is 5.69 Å². The molecule has 0 saturated heterocycles. The second-order valence-electron chi connectivity index (χ2n) is 3.76. The van der Waals surface area contributed by atoms with Gasteiger partial charge in [-0.15, -0.1) is 0 Å². The zero-order chi connectivity index (χ0) is 11.7. The standard InChI is InChI=1S/C11H10ClNO3/c12-9-3-4-10(13(15)16)8(5-9)6-11(14)7-1-2-7/h3-5,14H,1-2,6H2. The average Bonchev–Trinajstić information content (AvgIpc) is 2.99. The van der Waals surface area contributed by atoms with Crippen LogP contribution in [-0.4, -0.2) is 10.0 Å². The number of nitro groups is 1. The van der Waals surface area contributed by atoms with E-state index in [1.54, 1.807) is 0 Å². The maximum absolute atomic E-state index is 10.8. The number of nitrogens with zero attached hydrogens (tertiary/aromatic N) is 1. The molecule has 0 unspecified atom stereocenters. The van der Waals surface area contributed by atoms with Crippen LogP contribution < -0.4 is 0 Å². The van der Waals surface area contributed by atoms with E-state index in [1.165, 1.54) is 18.2 Å². The second kappa shape index (κ2) is 4.14. The molecule has 0 aliphatic heterocycles. The third kappa shape index (κ3) is 2.33. The average molecular weight is 240 g/mol. The molecule has 0 aromatic heterocycles. The van der Waals surface area contributed by atoms with Crippen LogP contribution in [0.5, 0.6) is 0 Å². The Balaban J connectivity index is 2.34. The monoisotopic (exact) mass is 239 g/mol. The van der Waals surface area contributed by atoms with Gasteiger partial charge in [0.05, 0.1) is 10.7 Å². The van der Waals surface area contributed by atoms with Gasteiger partial charge in [0.2, 0.25) is 0 Å². The highest BCUT2D eigenvalue weighted by Crippen LogP contribution is 2.33. The van der Waals surface area contributed by atoms with E-state index >= 15 is 0 Å². The van der Waals surface area contributed by atoms with Crippen molar-refractivity contribution in [3.63, 3.8) is 0 Å². The fourth-order valence-electron chi connectivity index (χ4n) is 1.53. The first kappa shape index (κ1) is 11.0. The normalized spacial score (nSPS) is 13.7. The molecule has 0 amide bonds. The summed E-state index contributed by atoms with van der Waals surface area (Å²) in [7, 11) is 0. The topological polar surface area (TPSA) is 63.4 Å². The summed E-state index contributed by atoms with van der Waals surface area (Å²) < 4.78 is 0. The van der Waals surface area contributed by atoms with Gasteiger partial charge in [-0.25, -0.2) is 0 Å². The van der Waals surface area contributed by atoms with Crippen LogP contribution in [0.1, 0.15) is 18.4 Å². The highest BCUT2D eigenvalue weighted by Gasteiger charge is 2.21. The predicted octanol–water partition coefficient (Wildman–Crippen LogP) is 3.40. The van der Waals surface area contributed by atoms with E-state index in [1.807, 2.05) is 0 Å². The molecular weight excluding hydrogens is 230 g/mol. The maximum atomic E-state index is 10.8. The first-order valence-corrected chi connectivity index (χ1v) is 5.28. The summed E-state index contributed by atoms with van der Waals surface area (Å²) in [6.07, 6.45) is 1.96. The van der Waals surface area contributed by atoms with Gasteiger partial charge in [-0.05, 0) is 30.5 Å². The smallest absolute Gasteiger partial charge is 0.273 e. The van der Waals surface area contributed by atoms with Crippen LogP contribution in [-0.2, 0) is 6.42 Å². The fraction of sp³-hybridized carbons (Fsp3) is 0.273. The van der Waals surface area contributed by atoms with E-state index in [-0.39, 0.29) is 17.9 Å². The number of halogens is 1. The van der Waals surface area contributed by atoms with Crippen molar-refractivity contribution in [2.75, 3.05) is 0 Å². The van der Waals surface area contributed by atoms with Crippen LogP contribution in [0.3, 0.4) is 0 Å². The minimum atomic E-state index is -0.462. The molecule has 0 bridgehead atoms. The van der Waals surface area contributed by atoms with E-state index in [4.69, 9.17) is 11.6 Å². The van der Waals surface area contributed by atoms with Crippen LogP contribution in [0.25, 0.3) is 0 Å². The zero-order valence-corrected chi connectivity index (χ0v) is 9.20. The summed E-state index contributed by atoms with van der Waals surface area (Å²) in [4.78, 5) is 10.3. The minimum absolute atomic E-state index is 0.00259. The van der Waals surface area contributed by atoms with Crippen molar-refractivity contribution >= 4 is 17.3 Å². The van der Waals surface area contributed by atoms with Crippen molar-refractivity contribution < 1.29 is 10.0 Å². The Morgan fingerprint density at radius 1 is 1.50 bits per heavy atom. The quantitative estimate of drug-likeness (QED) is 0.500. The molecule has 1 aromatic rings. The summed E-state index contributed by atoms with van der Waals surface area (Å²) >= 11 is 5.78. The molecule has 1 aromatic carbocycles. The highest BCUT2D eigenvalue weighted by atomic mass is 35.5. The lowest BCUT2D eigenvalue weighted by atomic mass is 10.1. The number of aliphatic hydroxyl groups is 1. The molecule has 0 spiro atoms. The van der Waals surface area contributed by atoms with Crippen molar-refractivity contribution in [3.8, 4) is 0 Å². The Morgan fingerprint density at radius 3 is 2.75 bits per heavy atom. The molecule has 1 fully saturated rings. The van der Waals surface area contributed by atoms with Crippen molar-refractivity contribution in [2.45, 2.75) is 19.3 Å². The van der Waals surface area contributed by atoms with Crippen LogP contribution >= 0.6 is 11.6 Å². The molecule has 1 aliphatic rings. The van der Waals surface area contributed by atoms with Gasteiger partial charge in [0.1, 0.15) is 0 Å². The third-order valence-corrected chi connectivity index (χ3v) is 2.74. The van der Waals surface area contributed by atoms with Gasteiger partial charge in [-0.1, -0.05) is 11.6 Å². The predicted molar refractivity (Wildman–Crippen MR) is 60.7 cm³/mol. The molecule has 0 heterocycles. The molecular formula is C11H10ClNO3. The Bertz CT molecular complexity index is 476. The number of benzene rings is 1. The highest BCUT2D eigenvalue weighted by molar-refractivity contribution is 6.30. The van der Waals surface area contributed by atoms with Gasteiger partial charge < -0.3 is 5.11 Å². The van der Waals surface area contributed by atoms with Crippen molar-refractivity contribution in [3.05, 3.63) is 50.2 Å². The first-order chi connectivity index (χ1) is 7.58. The molecule has 84 valence electrons. The zero-order valence-electron chi connectivity index (χ0n) is 8.44. The third-order valence-electron chi connectivity index (χ3n) is 2.50. The molecule has 0 atom stereocenters. The molecule has 0 radical (unpaired) electrons. The van der Waals surface area contributed by atoms with Gasteiger partial charge >= 0.3 is 0 Å². The number of allylic oxidation sites excluding steroid dienone is 2. The van der Waals surface area contributed by atoms with Gasteiger partial charge in [0, 0.05) is 23.1 Å². The van der Waals surface area contributed by atoms with Crippen molar-refractivity contribution in [2.24, 2.45) is 0 Å². The Kier molecular flexibility index (Phi) is 2.83. The number of hydrogen-bond acceptors (Lipinski definition) is 3. The van der Waals surface area contributed by atoms with Crippen molar-refractivity contribution in [1.82, 2.24) is 0 Å². The SMILES string of the molecule is O=[N+]([O-])c1ccc(Cl)cc1CC(O)=C1CC1. The number of rotatable bonds is 3. The summed E-state index contributed by atoms with van der Waals surface area (Å²) in [6.45, 7) is 0. The van der Waals surface area contributed by atoms with Crippen LogP contribution in [0, 0.1) is 10.1 Å². The largest absolute Gasteiger partial charge is 0.512 e. The van der Waals surface area contributed by atoms with E-state index < -0.39 is 4.92 Å². The van der Waals surface area contributed by atoms with Gasteiger partial charge in [0.15, 0.2) is 0 Å². The molecule has 4 nitrogen and oxygen atoms in total. The lowest BCUT2D eigenvalue weighted by Crippen LogP contribution is -1.97. The molecule has 2 rings (SSSR count). The number of nitro benzene ring substituents is 1. The second-order valence-corrected chi connectivity index (χ2v) is 4.19. The van der Waals surface area contributed by atoms with Crippen LogP contribution in [0.4, 0.5) is 5.69 Å². The Hall–Kier alpha value is -1.55. The molecule has 1 N–H and O–H groups in total. The fourth-order valence-corrected chi connectivity index (χ4v) is 1.72. The van der Waals surface area contributed by atoms with Crippen LogP contribution in [0.15, 0.2) is 29.5 Å². The minimum Gasteiger partial charge on any atom is -0.512 e. The van der Waals surface area contributed by atoms with Gasteiger partial charge in [-0.3, -0.25) is 10.1 Å². The lowest BCUT2D eigenvalue weighted by molar-refractivity contribution is -0.385. The van der Waals surface area contributed by atoms with E-state index in [9.17, 15) is 15.2 Å². The Labute approximate surface area is 97.3 Å². The van der Waals surface area contributed by atoms with E-state index in [0.717, 1.165) is 18.4 Å². The molecule has 1 aliphatic carbocycles. The first-order valence-electron chi connectivity index (χ1n) is 4.90. The molecule has 1 saturated carbocycles. The summed E-state index contributed by atoms with van der Waals surface area (Å²) in [5, 5.41) is 20.9. The lowest BCUT2D eigenvalue weighted by Gasteiger charge is -2.03. The van der Waals surface area contributed by atoms with E-state index in [0.29, 0.717) is 10.6 Å². The van der Waals surface area contributed by atoms with E-state index in [2.05, 4.69) is 0 Å². The number of aliphatic hydroxyl groups excluding tert-OH is 1. The van der Waals surface area contributed by atoms with Crippen molar-refractivity contribution in [1.29, 1.82) is 0 Å². The maximum Gasteiger partial charge on any atom is 0.273 e. The molecule has 5 heteroatoms. The van der Waals surface area contributed by atoms with Gasteiger partial charge in [-0.2, -0.15) is 0 Å². The van der Waals surface area contributed by atoms with Crippen LogP contribution in [0.2, 0.25) is 5.02 Å². The number of hydrogen-bond donors (Lipinski definition) is 1. The summed E-state index contributed by atoms with van der Waals surface area (Å²) in [5.74, 6) is 0.241. The molecule has 16 heavy (non-hydrogen) atoms. The summed E-state index contributed by atoms with van der Waals surface area (Å²) in [5.41, 5.74) is 1.43. The Morgan fingerprint density at radius 2 is 2.19 bits per heavy atom. The summed E-state index contributed by atoms with van der Waals surface area (Å²) in [6, 6.07) is 4.37.